The lowest BCUT2D eigenvalue weighted by molar-refractivity contribution is 0.0831. The summed E-state index contributed by atoms with van der Waals surface area (Å²) in [4.78, 5) is 17.5. The Morgan fingerprint density at radius 3 is 2.85 bits per heavy atom. The standard InChI is InChI=1S/C26H30N4O3/c1-16-6-7-18(27-12-16)14-30-15-20-23(29-30)22-17(2)24(25(31)28-13-19-5-3-10-32-19)33-21(22)11-26(20)8-4-9-26/h6-7,12,15,19H,3-5,8-11,13-14H2,1-2H3,(H,28,31)/t19-/m0/s1. The summed E-state index contributed by atoms with van der Waals surface area (Å²) in [5.74, 6) is 1.15. The van der Waals surface area contributed by atoms with Gasteiger partial charge in [-0.3, -0.25) is 14.5 Å². The van der Waals surface area contributed by atoms with Crippen LogP contribution in [0.3, 0.4) is 0 Å². The van der Waals surface area contributed by atoms with Crippen molar-refractivity contribution >= 4 is 5.91 Å². The second-order valence-corrected chi connectivity index (χ2v) is 9.93. The van der Waals surface area contributed by atoms with E-state index in [4.69, 9.17) is 14.3 Å². The zero-order valence-corrected chi connectivity index (χ0v) is 19.3. The number of nitrogens with one attached hydrogen (secondary N) is 1. The highest BCUT2D eigenvalue weighted by Crippen LogP contribution is 2.54. The van der Waals surface area contributed by atoms with Gasteiger partial charge in [0, 0.05) is 54.1 Å². The summed E-state index contributed by atoms with van der Waals surface area (Å²) in [6.45, 7) is 5.95. The number of fused-ring (bicyclic) bond motifs is 4. The summed E-state index contributed by atoms with van der Waals surface area (Å²) < 4.78 is 13.9. The van der Waals surface area contributed by atoms with Crippen LogP contribution in [0, 0.1) is 13.8 Å². The van der Waals surface area contributed by atoms with Crippen LogP contribution in [0.2, 0.25) is 0 Å². The number of aryl methyl sites for hydroxylation is 1. The van der Waals surface area contributed by atoms with Gasteiger partial charge in [0.1, 0.15) is 5.76 Å². The van der Waals surface area contributed by atoms with Gasteiger partial charge in [-0.05, 0) is 51.2 Å². The van der Waals surface area contributed by atoms with E-state index in [1.54, 1.807) is 0 Å². The first-order valence-electron chi connectivity index (χ1n) is 12.0. The topological polar surface area (TPSA) is 82.2 Å². The fourth-order valence-corrected chi connectivity index (χ4v) is 5.60. The normalized spacial score (nSPS) is 20.4. The molecule has 172 valence electrons. The lowest BCUT2D eigenvalue weighted by atomic mass is 9.59. The predicted molar refractivity (Wildman–Crippen MR) is 123 cm³/mol. The Kier molecular flexibility index (Phi) is 4.91. The molecule has 0 bridgehead atoms. The highest BCUT2D eigenvalue weighted by atomic mass is 16.5. The summed E-state index contributed by atoms with van der Waals surface area (Å²) in [6.07, 6.45) is 10.6. The molecule has 1 amide bonds. The van der Waals surface area contributed by atoms with E-state index in [9.17, 15) is 4.79 Å². The third-order valence-electron chi connectivity index (χ3n) is 7.62. The monoisotopic (exact) mass is 446 g/mol. The van der Waals surface area contributed by atoms with E-state index < -0.39 is 0 Å². The van der Waals surface area contributed by atoms with Crippen LogP contribution in [0.25, 0.3) is 11.3 Å². The van der Waals surface area contributed by atoms with Crippen molar-refractivity contribution in [1.82, 2.24) is 20.1 Å². The van der Waals surface area contributed by atoms with Crippen molar-refractivity contribution in [2.45, 2.75) is 70.4 Å². The fourth-order valence-electron chi connectivity index (χ4n) is 5.60. The van der Waals surface area contributed by atoms with E-state index in [2.05, 4.69) is 28.6 Å². The maximum atomic E-state index is 13.0. The van der Waals surface area contributed by atoms with Crippen LogP contribution in [0.1, 0.15) is 70.8 Å². The molecule has 3 aromatic rings. The predicted octanol–water partition coefficient (Wildman–Crippen LogP) is 4.09. The lowest BCUT2D eigenvalue weighted by Crippen LogP contribution is -2.38. The smallest absolute Gasteiger partial charge is 0.287 e. The third-order valence-corrected chi connectivity index (χ3v) is 7.62. The summed E-state index contributed by atoms with van der Waals surface area (Å²) >= 11 is 0. The van der Waals surface area contributed by atoms with Crippen LogP contribution >= 0.6 is 0 Å². The minimum atomic E-state index is -0.162. The summed E-state index contributed by atoms with van der Waals surface area (Å²) in [7, 11) is 0. The fraction of sp³-hybridized carbons (Fsp3) is 0.500. The molecule has 1 atom stereocenters. The first kappa shape index (κ1) is 20.7. The van der Waals surface area contributed by atoms with Gasteiger partial charge >= 0.3 is 0 Å². The van der Waals surface area contributed by atoms with Crippen molar-refractivity contribution in [3.8, 4) is 11.3 Å². The molecule has 2 aliphatic carbocycles. The van der Waals surface area contributed by atoms with E-state index in [1.807, 2.05) is 24.7 Å². The number of carbonyl (C=O) groups excluding carboxylic acids is 1. The van der Waals surface area contributed by atoms with Gasteiger partial charge in [0.05, 0.1) is 24.0 Å². The molecular weight excluding hydrogens is 416 g/mol. The number of pyridine rings is 1. The largest absolute Gasteiger partial charge is 0.455 e. The van der Waals surface area contributed by atoms with Crippen molar-refractivity contribution in [2.75, 3.05) is 13.2 Å². The average molecular weight is 447 g/mol. The molecule has 6 rings (SSSR count). The molecule has 4 heterocycles. The molecule has 1 aliphatic heterocycles. The number of furan rings is 1. The summed E-state index contributed by atoms with van der Waals surface area (Å²) in [5.41, 5.74) is 6.37. The van der Waals surface area contributed by atoms with E-state index in [0.717, 1.165) is 72.5 Å². The molecule has 1 N–H and O–H groups in total. The zero-order chi connectivity index (χ0) is 22.6. The molecule has 3 aromatic heterocycles. The molecule has 1 saturated heterocycles. The van der Waals surface area contributed by atoms with Gasteiger partial charge in [0.2, 0.25) is 0 Å². The number of amides is 1. The quantitative estimate of drug-likeness (QED) is 0.638. The Morgan fingerprint density at radius 2 is 2.15 bits per heavy atom. The Balaban J connectivity index is 1.32. The second kappa shape index (κ2) is 7.83. The Morgan fingerprint density at radius 1 is 1.27 bits per heavy atom. The third kappa shape index (κ3) is 3.50. The zero-order valence-electron chi connectivity index (χ0n) is 19.3. The van der Waals surface area contributed by atoms with Crippen LogP contribution in [0.5, 0.6) is 0 Å². The number of nitrogens with zero attached hydrogens (tertiary/aromatic N) is 3. The highest BCUT2D eigenvalue weighted by Gasteiger charge is 2.47. The van der Waals surface area contributed by atoms with Gasteiger partial charge in [-0.15, -0.1) is 0 Å². The van der Waals surface area contributed by atoms with Crippen LogP contribution < -0.4 is 5.32 Å². The van der Waals surface area contributed by atoms with E-state index in [1.165, 1.54) is 12.0 Å². The van der Waals surface area contributed by atoms with Gasteiger partial charge in [-0.2, -0.15) is 5.10 Å². The molecule has 0 aromatic carbocycles. The van der Waals surface area contributed by atoms with Crippen molar-refractivity contribution in [3.05, 3.63) is 58.4 Å². The molecule has 7 heteroatoms. The molecule has 33 heavy (non-hydrogen) atoms. The number of ether oxygens (including phenoxy) is 1. The maximum Gasteiger partial charge on any atom is 0.287 e. The van der Waals surface area contributed by atoms with E-state index in [0.29, 0.717) is 18.8 Å². The molecular formula is C26H30N4O3. The second-order valence-electron chi connectivity index (χ2n) is 9.93. The number of carbonyl (C=O) groups is 1. The maximum absolute atomic E-state index is 13.0. The highest BCUT2D eigenvalue weighted by molar-refractivity contribution is 5.95. The van der Waals surface area contributed by atoms with Gasteiger partial charge in [-0.25, -0.2) is 0 Å². The van der Waals surface area contributed by atoms with E-state index >= 15 is 0 Å². The summed E-state index contributed by atoms with van der Waals surface area (Å²) in [6, 6.07) is 4.14. The molecule has 1 spiro atoms. The Labute approximate surface area is 193 Å². The van der Waals surface area contributed by atoms with E-state index in [-0.39, 0.29) is 17.4 Å². The van der Waals surface area contributed by atoms with Gasteiger partial charge in [0.25, 0.3) is 5.91 Å². The molecule has 0 radical (unpaired) electrons. The Hall–Kier alpha value is -2.93. The summed E-state index contributed by atoms with van der Waals surface area (Å²) in [5, 5.41) is 8.01. The number of hydrogen-bond donors (Lipinski definition) is 1. The van der Waals surface area contributed by atoms with Crippen molar-refractivity contribution in [2.24, 2.45) is 0 Å². The molecule has 0 unspecified atom stereocenters. The Bertz CT molecular complexity index is 1200. The first-order valence-corrected chi connectivity index (χ1v) is 12.0. The van der Waals surface area contributed by atoms with Crippen molar-refractivity contribution < 1.29 is 13.9 Å². The van der Waals surface area contributed by atoms with Crippen molar-refractivity contribution in [1.29, 1.82) is 0 Å². The number of rotatable bonds is 5. The van der Waals surface area contributed by atoms with Crippen LogP contribution in [-0.2, 0) is 23.1 Å². The molecule has 3 aliphatic rings. The SMILES string of the molecule is Cc1ccc(Cn2cc3c(n2)-c2c(oc(C(=O)NC[C@@H]4CCCO4)c2C)CC32CCC2)nc1. The van der Waals surface area contributed by atoms with Gasteiger partial charge in [0.15, 0.2) is 5.76 Å². The average Bonchev–Trinajstić information content (AvgIpc) is 3.51. The van der Waals surface area contributed by atoms with Crippen LogP contribution in [0.15, 0.2) is 28.9 Å². The number of hydrogen-bond acceptors (Lipinski definition) is 5. The minimum absolute atomic E-state index is 0.0804. The molecule has 7 nitrogen and oxygen atoms in total. The number of aromatic nitrogens is 3. The van der Waals surface area contributed by atoms with Gasteiger partial charge in [-0.1, -0.05) is 12.5 Å². The molecule has 2 fully saturated rings. The first-order chi connectivity index (χ1) is 16.0. The lowest BCUT2D eigenvalue weighted by Gasteiger charge is -2.43. The van der Waals surface area contributed by atoms with Crippen LogP contribution in [-0.4, -0.2) is 39.9 Å². The van der Waals surface area contributed by atoms with Gasteiger partial charge < -0.3 is 14.5 Å². The molecule has 1 saturated carbocycles. The minimum Gasteiger partial charge on any atom is -0.455 e. The van der Waals surface area contributed by atoms with Crippen molar-refractivity contribution in [3.63, 3.8) is 0 Å². The van der Waals surface area contributed by atoms with Crippen LogP contribution in [0.4, 0.5) is 0 Å².